The zero-order valence-electron chi connectivity index (χ0n) is 12.3. The Labute approximate surface area is 141 Å². The van der Waals surface area contributed by atoms with E-state index in [4.69, 9.17) is 16.6 Å². The number of aromatic nitrogens is 1. The molecule has 0 saturated heterocycles. The van der Waals surface area contributed by atoms with Gasteiger partial charge < -0.3 is 9.40 Å². The third-order valence-corrected chi connectivity index (χ3v) is 5.02. The minimum Gasteiger partial charge on any atom is -0.429 e. The molecule has 0 radical (unpaired) electrons. The second-order valence-corrected chi connectivity index (χ2v) is 6.72. The molecule has 1 aromatic carbocycles. The van der Waals surface area contributed by atoms with Gasteiger partial charge in [0.15, 0.2) is 5.58 Å². The molecule has 4 rings (SSSR count). The minimum absolute atomic E-state index is 0.0268. The van der Waals surface area contributed by atoms with E-state index in [1.807, 2.05) is 35.7 Å². The molecule has 1 aliphatic rings. The average molecular weight is 343 g/mol. The Bertz CT molecular complexity index is 969. The summed E-state index contributed by atoms with van der Waals surface area (Å²) >= 11 is 6.66. The van der Waals surface area contributed by atoms with Crippen molar-refractivity contribution in [2.45, 2.75) is 19.4 Å². The quantitative estimate of drug-likeness (QED) is 0.708. The molecule has 1 aliphatic heterocycles. The number of rotatable bonds is 2. The van der Waals surface area contributed by atoms with Crippen LogP contribution >= 0.6 is 23.6 Å². The van der Waals surface area contributed by atoms with Crippen LogP contribution in [0.3, 0.4) is 0 Å². The molecule has 1 amide bonds. The first-order valence-electron chi connectivity index (χ1n) is 7.16. The molecule has 0 bridgehead atoms. The molecule has 116 valence electrons. The van der Waals surface area contributed by atoms with E-state index in [-0.39, 0.29) is 11.9 Å². The largest absolute Gasteiger partial charge is 0.429 e. The SMILES string of the molecule is CC(=O)N1N=C(c2ccc3oc(=S)[nH]c3c2)CC1c1cccs1. The van der Waals surface area contributed by atoms with E-state index < -0.39 is 0 Å². The standard InChI is InChI=1S/C16H13N3O2S2/c1-9(20)19-13(15-3-2-6-23-15)8-11(18-19)10-4-5-14-12(7-10)17-16(22)21-14/h2-7,13H,8H2,1H3,(H,17,22). The second kappa shape index (κ2) is 5.43. The third-order valence-electron chi connectivity index (χ3n) is 3.86. The first-order valence-corrected chi connectivity index (χ1v) is 8.44. The summed E-state index contributed by atoms with van der Waals surface area (Å²) in [5.41, 5.74) is 3.41. The maximum absolute atomic E-state index is 11.9. The number of amides is 1. The Morgan fingerprint density at radius 1 is 1.48 bits per heavy atom. The van der Waals surface area contributed by atoms with E-state index in [1.165, 1.54) is 0 Å². The van der Waals surface area contributed by atoms with Gasteiger partial charge in [-0.15, -0.1) is 11.3 Å². The molecule has 0 fully saturated rings. The molecule has 7 heteroatoms. The zero-order valence-corrected chi connectivity index (χ0v) is 13.9. The molecular formula is C16H13N3O2S2. The Hall–Kier alpha value is -2.25. The van der Waals surface area contributed by atoms with Gasteiger partial charge in [-0.3, -0.25) is 4.79 Å². The zero-order chi connectivity index (χ0) is 16.0. The monoisotopic (exact) mass is 343 g/mol. The van der Waals surface area contributed by atoms with Gasteiger partial charge in [-0.2, -0.15) is 5.10 Å². The maximum Gasteiger partial charge on any atom is 0.266 e. The number of carbonyl (C=O) groups excluding carboxylic acids is 1. The van der Waals surface area contributed by atoms with Crippen LogP contribution in [0.25, 0.3) is 11.1 Å². The Morgan fingerprint density at radius 3 is 3.09 bits per heavy atom. The number of aromatic amines is 1. The van der Waals surface area contributed by atoms with E-state index in [2.05, 4.69) is 10.1 Å². The number of nitrogens with one attached hydrogen (secondary N) is 1. The number of hydrogen-bond donors (Lipinski definition) is 1. The predicted molar refractivity (Wildman–Crippen MR) is 92.1 cm³/mol. The van der Waals surface area contributed by atoms with Crippen LogP contribution in [0.1, 0.15) is 29.8 Å². The molecule has 0 saturated carbocycles. The molecule has 1 unspecified atom stereocenters. The number of hydrogen-bond acceptors (Lipinski definition) is 5. The summed E-state index contributed by atoms with van der Waals surface area (Å²) < 4.78 is 5.38. The Balaban J connectivity index is 1.74. The Morgan fingerprint density at radius 2 is 2.35 bits per heavy atom. The summed E-state index contributed by atoms with van der Waals surface area (Å²) in [6.45, 7) is 1.55. The fourth-order valence-corrected chi connectivity index (χ4v) is 3.82. The summed E-state index contributed by atoms with van der Waals surface area (Å²) in [7, 11) is 0. The fourth-order valence-electron chi connectivity index (χ4n) is 2.81. The number of oxazole rings is 1. The molecule has 0 aliphatic carbocycles. The number of carbonyl (C=O) groups is 1. The lowest BCUT2D eigenvalue weighted by molar-refractivity contribution is -0.130. The molecule has 3 heterocycles. The van der Waals surface area contributed by atoms with E-state index >= 15 is 0 Å². The van der Waals surface area contributed by atoms with E-state index in [0.717, 1.165) is 27.3 Å². The van der Waals surface area contributed by atoms with Crippen molar-refractivity contribution in [2.24, 2.45) is 5.10 Å². The fraction of sp³-hybridized carbons (Fsp3) is 0.188. The maximum atomic E-state index is 11.9. The highest BCUT2D eigenvalue weighted by Crippen LogP contribution is 2.35. The summed E-state index contributed by atoms with van der Waals surface area (Å²) in [4.78, 5) is 16.4. The van der Waals surface area contributed by atoms with Crippen LogP contribution in [0.5, 0.6) is 0 Å². The number of benzene rings is 1. The highest BCUT2D eigenvalue weighted by molar-refractivity contribution is 7.71. The molecule has 23 heavy (non-hydrogen) atoms. The molecule has 0 spiro atoms. The van der Waals surface area contributed by atoms with E-state index in [1.54, 1.807) is 23.3 Å². The summed E-state index contributed by atoms with van der Waals surface area (Å²) in [6, 6.07) is 9.79. The van der Waals surface area contributed by atoms with Crippen molar-refractivity contribution in [3.63, 3.8) is 0 Å². The van der Waals surface area contributed by atoms with Crippen LogP contribution in [0.4, 0.5) is 0 Å². The van der Waals surface area contributed by atoms with Gasteiger partial charge in [0.25, 0.3) is 4.84 Å². The first kappa shape index (κ1) is 14.3. The number of hydrazone groups is 1. The van der Waals surface area contributed by atoms with Gasteiger partial charge in [0.1, 0.15) is 0 Å². The predicted octanol–water partition coefficient (Wildman–Crippen LogP) is 4.25. The van der Waals surface area contributed by atoms with Crippen LogP contribution in [-0.4, -0.2) is 21.6 Å². The van der Waals surface area contributed by atoms with Gasteiger partial charge >= 0.3 is 0 Å². The third kappa shape index (κ3) is 2.51. The molecule has 2 aromatic heterocycles. The van der Waals surface area contributed by atoms with Crippen LogP contribution < -0.4 is 0 Å². The van der Waals surface area contributed by atoms with Crippen LogP contribution in [0.2, 0.25) is 0 Å². The smallest absolute Gasteiger partial charge is 0.266 e. The van der Waals surface area contributed by atoms with Gasteiger partial charge in [0.05, 0.1) is 17.3 Å². The summed E-state index contributed by atoms with van der Waals surface area (Å²) in [6.07, 6.45) is 0.699. The van der Waals surface area contributed by atoms with Crippen molar-refractivity contribution in [1.82, 2.24) is 9.99 Å². The van der Waals surface area contributed by atoms with Gasteiger partial charge in [-0.1, -0.05) is 6.07 Å². The van der Waals surface area contributed by atoms with Gasteiger partial charge in [0.2, 0.25) is 5.91 Å². The van der Waals surface area contributed by atoms with E-state index in [9.17, 15) is 4.79 Å². The number of nitrogens with zero attached hydrogens (tertiary/aromatic N) is 2. The van der Waals surface area contributed by atoms with Gasteiger partial charge in [-0.05, 0) is 41.9 Å². The number of fused-ring (bicyclic) bond motifs is 1. The van der Waals surface area contributed by atoms with Gasteiger partial charge in [0, 0.05) is 23.8 Å². The number of H-pyrrole nitrogens is 1. The summed E-state index contributed by atoms with van der Waals surface area (Å²) in [5.74, 6) is -0.0535. The normalized spacial score (nSPS) is 17.7. The van der Waals surface area contributed by atoms with Crippen molar-refractivity contribution in [2.75, 3.05) is 0 Å². The van der Waals surface area contributed by atoms with Crippen molar-refractivity contribution in [1.29, 1.82) is 0 Å². The highest BCUT2D eigenvalue weighted by Gasteiger charge is 2.32. The van der Waals surface area contributed by atoms with Crippen molar-refractivity contribution in [3.05, 3.63) is 51.0 Å². The summed E-state index contributed by atoms with van der Waals surface area (Å²) in [5, 5.41) is 8.13. The number of thiophene rings is 1. The van der Waals surface area contributed by atoms with Crippen molar-refractivity contribution >= 4 is 46.3 Å². The molecule has 3 aromatic rings. The first-order chi connectivity index (χ1) is 11.1. The second-order valence-electron chi connectivity index (χ2n) is 5.37. The molecule has 5 nitrogen and oxygen atoms in total. The van der Waals surface area contributed by atoms with Crippen molar-refractivity contribution < 1.29 is 9.21 Å². The van der Waals surface area contributed by atoms with Crippen molar-refractivity contribution in [3.8, 4) is 0 Å². The highest BCUT2D eigenvalue weighted by atomic mass is 32.1. The lowest BCUT2D eigenvalue weighted by atomic mass is 10.0. The lowest BCUT2D eigenvalue weighted by Gasteiger charge is -2.18. The topological polar surface area (TPSA) is 61.6 Å². The van der Waals surface area contributed by atoms with Crippen LogP contribution in [-0.2, 0) is 4.79 Å². The van der Waals surface area contributed by atoms with Gasteiger partial charge in [-0.25, -0.2) is 5.01 Å². The van der Waals surface area contributed by atoms with Crippen LogP contribution in [0, 0.1) is 4.84 Å². The molecular weight excluding hydrogens is 330 g/mol. The molecule has 1 N–H and O–H groups in total. The van der Waals surface area contributed by atoms with Crippen LogP contribution in [0.15, 0.2) is 45.2 Å². The lowest BCUT2D eigenvalue weighted by Crippen LogP contribution is -2.23. The molecule has 1 atom stereocenters. The van der Waals surface area contributed by atoms with E-state index in [0.29, 0.717) is 11.3 Å². The Kier molecular flexibility index (Phi) is 3.39. The average Bonchev–Trinajstić information content (AvgIpc) is 3.24. The minimum atomic E-state index is -0.0535.